The molecule has 0 aromatic carbocycles. The van der Waals surface area contributed by atoms with Crippen molar-refractivity contribution in [3.63, 3.8) is 0 Å². The average Bonchev–Trinajstić information content (AvgIpc) is 0.959. The van der Waals surface area contributed by atoms with Gasteiger partial charge in [-0.05, 0) is 154 Å². The van der Waals surface area contributed by atoms with E-state index in [9.17, 15) is 43.2 Å². The highest BCUT2D eigenvalue weighted by atomic mass is 31.2. The average molecular weight is 1470 g/mol. The molecular weight excluding hydrogens is 1330 g/mol. The second-order valence-electron chi connectivity index (χ2n) is 26.3. The molecule has 0 amide bonds. The molecule has 0 radical (unpaired) electrons. The Morgan fingerprint density at radius 1 is 0.275 bits per heavy atom. The number of aliphatic hydroxyl groups is 1. The monoisotopic (exact) mass is 1470 g/mol. The van der Waals surface area contributed by atoms with Crippen LogP contribution in [0.2, 0.25) is 0 Å². The normalized spacial score (nSPS) is 14.5. The standard InChI is InChI=1S/C83H142O17P2/c1-5-9-13-17-21-25-29-33-36-38-41-45-48-52-56-60-64-68-81(86)94-74-79(100-83(88)70-66-62-58-54-50-46-42-39-37-34-30-26-22-18-14-10-6-2)76-98-102(91,92)96-72-77(84)71-95-101(89,90)97-75-78(99-82(87)69-65-61-57-53-49-43-32-28-24-20-16-12-8-4)73-93-80(85)67-63-59-55-51-47-44-40-35-31-27-23-19-15-11-7-3/h21,23,25,27-28,32-37,40-42,45-46,52,54,56,58,77-79,84H,5-20,22,24,26,29-31,38-39,43-44,47-51,53,55,57,59-76H2,1-4H3,(H,89,90)(H,91,92). The Morgan fingerprint density at radius 3 is 0.824 bits per heavy atom. The molecule has 3 N–H and O–H groups in total. The second kappa shape index (κ2) is 74.7. The smallest absolute Gasteiger partial charge is 0.462 e. The number of ether oxygens (including phenoxy) is 4. The van der Waals surface area contributed by atoms with Crippen LogP contribution in [0.25, 0.3) is 0 Å². The predicted octanol–water partition coefficient (Wildman–Crippen LogP) is 23.1. The van der Waals surface area contributed by atoms with Crippen molar-refractivity contribution in [1.82, 2.24) is 0 Å². The van der Waals surface area contributed by atoms with Gasteiger partial charge in [0.05, 0.1) is 26.4 Å². The van der Waals surface area contributed by atoms with Crippen LogP contribution in [0.3, 0.4) is 0 Å². The van der Waals surface area contributed by atoms with Gasteiger partial charge in [-0.25, -0.2) is 9.13 Å². The molecule has 5 atom stereocenters. The number of unbranched alkanes of at least 4 members (excludes halogenated alkanes) is 28. The molecule has 0 aromatic heterocycles. The van der Waals surface area contributed by atoms with E-state index in [2.05, 4.69) is 125 Å². The molecule has 0 rings (SSSR count). The molecule has 0 heterocycles. The van der Waals surface area contributed by atoms with Crippen LogP contribution in [0.15, 0.2) is 122 Å². The fraction of sp³-hybridized carbons (Fsp3) is 0.711. The van der Waals surface area contributed by atoms with Gasteiger partial charge in [-0.3, -0.25) is 37.3 Å². The summed E-state index contributed by atoms with van der Waals surface area (Å²) in [5.41, 5.74) is 0. The highest BCUT2D eigenvalue weighted by Gasteiger charge is 2.30. The fourth-order valence-electron chi connectivity index (χ4n) is 10.3. The third-order valence-corrected chi connectivity index (χ3v) is 18.3. The minimum absolute atomic E-state index is 0.00948. The number of carbonyl (C=O) groups is 4. The van der Waals surface area contributed by atoms with Crippen molar-refractivity contribution < 1.29 is 80.2 Å². The lowest BCUT2D eigenvalue weighted by molar-refractivity contribution is -0.161. The number of aliphatic hydroxyl groups excluding tert-OH is 1. The molecular formula is C83H142O17P2. The number of phosphoric acid groups is 2. The molecule has 0 aromatic rings. The summed E-state index contributed by atoms with van der Waals surface area (Å²) in [5, 5.41) is 10.6. The topological polar surface area (TPSA) is 237 Å². The van der Waals surface area contributed by atoms with E-state index in [0.29, 0.717) is 38.5 Å². The van der Waals surface area contributed by atoms with Crippen molar-refractivity contribution >= 4 is 39.5 Å². The summed E-state index contributed by atoms with van der Waals surface area (Å²) in [5.74, 6) is -2.32. The maximum absolute atomic E-state index is 13.1. The van der Waals surface area contributed by atoms with Crippen LogP contribution in [-0.2, 0) is 65.4 Å². The lowest BCUT2D eigenvalue weighted by atomic mass is 10.1. The van der Waals surface area contributed by atoms with Crippen molar-refractivity contribution in [2.45, 2.75) is 341 Å². The first-order valence-corrected chi connectivity index (χ1v) is 42.8. The number of phosphoric ester groups is 2. The first-order chi connectivity index (χ1) is 49.7. The molecule has 19 heteroatoms. The number of carbonyl (C=O) groups excluding carboxylic acids is 4. The molecule has 0 saturated heterocycles. The Balaban J connectivity index is 5.46. The highest BCUT2D eigenvalue weighted by Crippen LogP contribution is 2.45. The van der Waals surface area contributed by atoms with Gasteiger partial charge in [0.25, 0.3) is 0 Å². The van der Waals surface area contributed by atoms with Gasteiger partial charge in [-0.2, -0.15) is 0 Å². The zero-order valence-electron chi connectivity index (χ0n) is 64.0. The first-order valence-electron chi connectivity index (χ1n) is 39.8. The van der Waals surface area contributed by atoms with Crippen LogP contribution in [0.4, 0.5) is 0 Å². The Morgan fingerprint density at radius 2 is 0.490 bits per heavy atom. The maximum Gasteiger partial charge on any atom is 0.472 e. The Labute approximate surface area is 619 Å². The van der Waals surface area contributed by atoms with Gasteiger partial charge in [-0.1, -0.05) is 265 Å². The number of rotatable bonds is 74. The lowest BCUT2D eigenvalue weighted by Gasteiger charge is -2.21. The van der Waals surface area contributed by atoms with Crippen LogP contribution in [-0.4, -0.2) is 96.7 Å². The van der Waals surface area contributed by atoms with E-state index in [4.69, 9.17) is 37.0 Å². The molecule has 0 spiro atoms. The van der Waals surface area contributed by atoms with Crippen LogP contribution >= 0.6 is 15.6 Å². The summed E-state index contributed by atoms with van der Waals surface area (Å²) in [7, 11) is -9.99. The summed E-state index contributed by atoms with van der Waals surface area (Å²) in [6.07, 6.45) is 82.0. The third kappa shape index (κ3) is 73.8. The lowest BCUT2D eigenvalue weighted by Crippen LogP contribution is -2.30. The Hall–Kier alpha value is -4.54. The van der Waals surface area contributed by atoms with Crippen molar-refractivity contribution in [3.8, 4) is 0 Å². The first kappa shape index (κ1) is 97.5. The van der Waals surface area contributed by atoms with E-state index in [-0.39, 0.29) is 25.7 Å². The van der Waals surface area contributed by atoms with Gasteiger partial charge < -0.3 is 33.8 Å². The van der Waals surface area contributed by atoms with E-state index in [1.165, 1.54) is 103 Å². The van der Waals surface area contributed by atoms with E-state index in [0.717, 1.165) is 128 Å². The number of esters is 4. The van der Waals surface area contributed by atoms with E-state index < -0.39 is 97.5 Å². The quantitative estimate of drug-likeness (QED) is 0.0169. The zero-order valence-corrected chi connectivity index (χ0v) is 65.8. The van der Waals surface area contributed by atoms with E-state index in [1.54, 1.807) is 0 Å². The molecule has 102 heavy (non-hydrogen) atoms. The molecule has 17 nitrogen and oxygen atoms in total. The van der Waals surface area contributed by atoms with Gasteiger partial charge in [-0.15, -0.1) is 0 Å². The summed E-state index contributed by atoms with van der Waals surface area (Å²) in [6, 6.07) is 0. The van der Waals surface area contributed by atoms with Crippen LogP contribution < -0.4 is 0 Å². The molecule has 0 aliphatic carbocycles. The van der Waals surface area contributed by atoms with Gasteiger partial charge in [0.15, 0.2) is 12.2 Å². The second-order valence-corrected chi connectivity index (χ2v) is 29.2. The number of hydrogen-bond acceptors (Lipinski definition) is 15. The van der Waals surface area contributed by atoms with Crippen molar-refractivity contribution in [2.24, 2.45) is 0 Å². The minimum atomic E-state index is -5.00. The van der Waals surface area contributed by atoms with Gasteiger partial charge in [0, 0.05) is 25.7 Å². The predicted molar refractivity (Wildman–Crippen MR) is 418 cm³/mol. The minimum Gasteiger partial charge on any atom is -0.462 e. The van der Waals surface area contributed by atoms with Crippen molar-refractivity contribution in [2.75, 3.05) is 39.6 Å². The zero-order chi connectivity index (χ0) is 74.6. The third-order valence-electron chi connectivity index (χ3n) is 16.4. The summed E-state index contributed by atoms with van der Waals surface area (Å²) >= 11 is 0. The van der Waals surface area contributed by atoms with Gasteiger partial charge >= 0.3 is 39.5 Å². The Bertz CT molecular complexity index is 2410. The number of allylic oxidation sites excluding steroid dienone is 20. The molecule has 0 aliphatic heterocycles. The van der Waals surface area contributed by atoms with Gasteiger partial charge in [0.2, 0.25) is 0 Å². The Kier molecular flexibility index (Phi) is 71.4. The van der Waals surface area contributed by atoms with Crippen LogP contribution in [0.5, 0.6) is 0 Å². The maximum atomic E-state index is 13.1. The summed E-state index contributed by atoms with van der Waals surface area (Å²) < 4.78 is 68.4. The fourth-order valence-corrected chi connectivity index (χ4v) is 11.8. The van der Waals surface area contributed by atoms with E-state index in [1.807, 2.05) is 24.3 Å². The molecule has 586 valence electrons. The highest BCUT2D eigenvalue weighted by molar-refractivity contribution is 7.47. The largest absolute Gasteiger partial charge is 0.472 e. The van der Waals surface area contributed by atoms with Gasteiger partial charge in [0.1, 0.15) is 19.3 Å². The summed E-state index contributed by atoms with van der Waals surface area (Å²) in [4.78, 5) is 72.9. The molecule has 0 aliphatic rings. The molecule has 0 fully saturated rings. The number of hydrogen-bond donors (Lipinski definition) is 3. The molecule has 0 saturated carbocycles. The SMILES string of the molecule is CCCCCC=CCC=CCC=CCC=CCCCC(=O)OCC(COP(=O)(O)OCC(O)COP(=O)(O)OCC(COC(=O)CCCCCCCC=CCC=CCCCCC)OC(=O)CCCCCCCC=CCCCCCC)OC(=O)CCCC=CCC=CCC=CCCCCCCCC. The van der Waals surface area contributed by atoms with Crippen molar-refractivity contribution in [3.05, 3.63) is 122 Å². The van der Waals surface area contributed by atoms with Crippen molar-refractivity contribution in [1.29, 1.82) is 0 Å². The van der Waals surface area contributed by atoms with E-state index >= 15 is 0 Å². The molecule has 0 bridgehead atoms. The van der Waals surface area contributed by atoms with Crippen LogP contribution in [0, 0.1) is 0 Å². The summed E-state index contributed by atoms with van der Waals surface area (Å²) in [6.45, 7) is 4.66. The van der Waals surface area contributed by atoms with Crippen LogP contribution in [0.1, 0.15) is 323 Å². The molecule has 5 unspecified atom stereocenters.